The van der Waals surface area contributed by atoms with E-state index in [1.165, 1.54) is 22.7 Å². The van der Waals surface area contributed by atoms with Gasteiger partial charge in [-0.25, -0.2) is 4.42 Å². The Labute approximate surface area is 93.7 Å². The van der Waals surface area contributed by atoms with Gasteiger partial charge in [0.25, 0.3) is 0 Å². The molecule has 1 aliphatic heterocycles. The van der Waals surface area contributed by atoms with Gasteiger partial charge in [0.05, 0.1) is 7.11 Å². The number of esters is 1. The van der Waals surface area contributed by atoms with E-state index in [4.69, 9.17) is 16.5 Å². The normalized spacial score (nSPS) is 20.8. The van der Waals surface area contributed by atoms with Crippen molar-refractivity contribution in [1.29, 1.82) is 0 Å². The molecule has 0 saturated carbocycles. The number of nitrogens with zero attached hydrogens (tertiary/aromatic N) is 1. The molecule has 1 atom stereocenters. The quantitative estimate of drug-likeness (QED) is 0.539. The third kappa shape index (κ3) is 1.98. The second kappa shape index (κ2) is 4.21. The van der Waals surface area contributed by atoms with Crippen LogP contribution >= 0.6 is 11.8 Å². The summed E-state index contributed by atoms with van der Waals surface area (Å²) < 4.78 is 6.22. The van der Waals surface area contributed by atoms with Crippen LogP contribution < -0.4 is 0 Å². The van der Waals surface area contributed by atoms with E-state index in [1.807, 2.05) is 24.3 Å². The van der Waals surface area contributed by atoms with Crippen molar-refractivity contribution in [1.82, 2.24) is 4.42 Å². The van der Waals surface area contributed by atoms with Gasteiger partial charge in [0, 0.05) is 13.0 Å². The van der Waals surface area contributed by atoms with Crippen LogP contribution in [0.5, 0.6) is 0 Å². The highest BCUT2D eigenvalue weighted by atomic mass is 35.5. The summed E-state index contributed by atoms with van der Waals surface area (Å²) in [5, 5.41) is 0. The van der Waals surface area contributed by atoms with E-state index in [2.05, 4.69) is 0 Å². The lowest BCUT2D eigenvalue weighted by molar-refractivity contribution is -0.145. The van der Waals surface area contributed by atoms with Gasteiger partial charge in [0.1, 0.15) is 6.04 Å². The molecule has 0 saturated heterocycles. The van der Waals surface area contributed by atoms with Crippen LogP contribution in [0.1, 0.15) is 11.1 Å². The molecule has 2 rings (SSSR count). The van der Waals surface area contributed by atoms with Gasteiger partial charge in [-0.05, 0) is 22.9 Å². The first kappa shape index (κ1) is 10.5. The summed E-state index contributed by atoms with van der Waals surface area (Å²) in [5.74, 6) is -0.278. The molecule has 0 aliphatic carbocycles. The molecular weight excluding hydrogens is 214 g/mol. The second-order valence-electron chi connectivity index (χ2n) is 3.57. The molecule has 80 valence electrons. The van der Waals surface area contributed by atoms with Crippen molar-refractivity contribution in [2.75, 3.05) is 7.11 Å². The number of rotatable bonds is 1. The van der Waals surface area contributed by atoms with Crippen molar-refractivity contribution >= 4 is 17.7 Å². The highest BCUT2D eigenvalue weighted by molar-refractivity contribution is 6.14. The maximum Gasteiger partial charge on any atom is 0.324 e. The predicted octanol–water partition coefficient (Wildman–Crippen LogP) is 1.74. The van der Waals surface area contributed by atoms with Crippen LogP contribution in [0.4, 0.5) is 0 Å². The van der Waals surface area contributed by atoms with Crippen LogP contribution in [-0.4, -0.2) is 23.5 Å². The molecule has 1 heterocycles. The number of hydrogen-bond donors (Lipinski definition) is 0. The predicted molar refractivity (Wildman–Crippen MR) is 57.3 cm³/mol. The third-order valence-corrected chi connectivity index (χ3v) is 3.02. The average Bonchev–Trinajstić information content (AvgIpc) is 2.27. The fourth-order valence-electron chi connectivity index (χ4n) is 1.82. The molecule has 4 heteroatoms. The molecule has 1 aliphatic rings. The van der Waals surface area contributed by atoms with Gasteiger partial charge in [0.15, 0.2) is 0 Å². The van der Waals surface area contributed by atoms with Crippen molar-refractivity contribution < 1.29 is 9.53 Å². The van der Waals surface area contributed by atoms with E-state index in [-0.39, 0.29) is 12.0 Å². The molecule has 0 spiro atoms. The summed E-state index contributed by atoms with van der Waals surface area (Å²) in [6.45, 7) is 0.581. The summed E-state index contributed by atoms with van der Waals surface area (Å²) in [7, 11) is 1.38. The largest absolute Gasteiger partial charge is 0.468 e. The topological polar surface area (TPSA) is 29.5 Å². The minimum Gasteiger partial charge on any atom is -0.468 e. The average molecular weight is 226 g/mol. The van der Waals surface area contributed by atoms with Gasteiger partial charge in [-0.15, -0.1) is 0 Å². The molecule has 0 bridgehead atoms. The Morgan fingerprint density at radius 1 is 1.47 bits per heavy atom. The van der Waals surface area contributed by atoms with Gasteiger partial charge in [-0.3, -0.25) is 4.79 Å². The Kier molecular flexibility index (Phi) is 2.93. The monoisotopic (exact) mass is 225 g/mol. The Bertz CT molecular complexity index is 381. The zero-order valence-electron chi connectivity index (χ0n) is 8.44. The first-order valence-corrected chi connectivity index (χ1v) is 5.13. The molecule has 3 nitrogen and oxygen atoms in total. The SMILES string of the molecule is COC(=O)[C@H]1Cc2ccccc2CN1Cl. The van der Waals surface area contributed by atoms with E-state index in [0.29, 0.717) is 13.0 Å². The molecule has 1 aromatic carbocycles. The number of carbonyl (C=O) groups is 1. The molecule has 1 aromatic rings. The minimum absolute atomic E-state index is 0.278. The summed E-state index contributed by atoms with van der Waals surface area (Å²) in [6.07, 6.45) is 0.617. The zero-order valence-corrected chi connectivity index (χ0v) is 9.20. The number of carbonyl (C=O) groups excluding carboxylic acids is 1. The molecule has 15 heavy (non-hydrogen) atoms. The molecular formula is C11H12ClNO2. The van der Waals surface area contributed by atoms with Crippen LogP contribution in [0, 0.1) is 0 Å². The number of hydrogen-bond acceptors (Lipinski definition) is 3. The lowest BCUT2D eigenvalue weighted by Gasteiger charge is -2.29. The molecule has 0 amide bonds. The molecule has 0 N–H and O–H groups in total. The maximum absolute atomic E-state index is 11.4. The summed E-state index contributed by atoms with van der Waals surface area (Å²) in [6, 6.07) is 7.62. The van der Waals surface area contributed by atoms with Crippen molar-refractivity contribution in [3.05, 3.63) is 35.4 Å². The lowest BCUT2D eigenvalue weighted by atomic mass is 9.96. The lowest BCUT2D eigenvalue weighted by Crippen LogP contribution is -2.40. The van der Waals surface area contributed by atoms with Crippen molar-refractivity contribution in [3.63, 3.8) is 0 Å². The van der Waals surface area contributed by atoms with Crippen LogP contribution in [0.25, 0.3) is 0 Å². The number of halogens is 1. The molecule has 0 unspecified atom stereocenters. The first-order valence-electron chi connectivity index (χ1n) is 4.79. The Morgan fingerprint density at radius 3 is 2.80 bits per heavy atom. The smallest absolute Gasteiger partial charge is 0.324 e. The summed E-state index contributed by atoms with van der Waals surface area (Å²) in [4.78, 5) is 11.4. The van der Waals surface area contributed by atoms with Gasteiger partial charge in [0.2, 0.25) is 0 Å². The fourth-order valence-corrected chi connectivity index (χ4v) is 2.10. The summed E-state index contributed by atoms with van der Waals surface area (Å²) >= 11 is 6.02. The Morgan fingerprint density at radius 2 is 2.13 bits per heavy atom. The number of methoxy groups -OCH3 is 1. The van der Waals surface area contributed by atoms with E-state index in [1.54, 1.807) is 0 Å². The van der Waals surface area contributed by atoms with E-state index >= 15 is 0 Å². The first-order chi connectivity index (χ1) is 7.22. The number of benzene rings is 1. The number of ether oxygens (including phenoxy) is 1. The van der Waals surface area contributed by atoms with Crippen molar-refractivity contribution in [2.45, 2.75) is 19.0 Å². The van der Waals surface area contributed by atoms with E-state index < -0.39 is 0 Å². The van der Waals surface area contributed by atoms with E-state index in [0.717, 1.165) is 0 Å². The van der Waals surface area contributed by atoms with Crippen molar-refractivity contribution in [3.8, 4) is 0 Å². The maximum atomic E-state index is 11.4. The van der Waals surface area contributed by atoms with Gasteiger partial charge in [-0.2, -0.15) is 0 Å². The Hall–Kier alpha value is -1.06. The van der Waals surface area contributed by atoms with Crippen LogP contribution in [-0.2, 0) is 22.5 Å². The van der Waals surface area contributed by atoms with Gasteiger partial charge in [-0.1, -0.05) is 24.3 Å². The summed E-state index contributed by atoms with van der Waals surface area (Å²) in [5.41, 5.74) is 2.34. The standard InChI is InChI=1S/C11H12ClNO2/c1-15-11(14)10-6-8-4-2-3-5-9(8)7-13(10)12/h2-5,10H,6-7H2,1H3/t10-/m1/s1. The molecule has 0 aromatic heterocycles. The fraction of sp³-hybridized carbons (Fsp3) is 0.364. The molecule has 0 fully saturated rings. The molecule has 0 radical (unpaired) electrons. The minimum atomic E-state index is -0.369. The van der Waals surface area contributed by atoms with Gasteiger partial charge < -0.3 is 4.74 Å². The Balaban J connectivity index is 2.25. The highest BCUT2D eigenvalue weighted by Crippen LogP contribution is 2.25. The van der Waals surface area contributed by atoms with Crippen LogP contribution in [0.3, 0.4) is 0 Å². The zero-order chi connectivity index (χ0) is 10.8. The second-order valence-corrected chi connectivity index (χ2v) is 4.00. The van der Waals surface area contributed by atoms with E-state index in [9.17, 15) is 4.79 Å². The van der Waals surface area contributed by atoms with Gasteiger partial charge >= 0.3 is 5.97 Å². The third-order valence-electron chi connectivity index (χ3n) is 2.66. The van der Waals surface area contributed by atoms with Crippen molar-refractivity contribution in [2.24, 2.45) is 0 Å². The van der Waals surface area contributed by atoms with Crippen LogP contribution in [0.2, 0.25) is 0 Å². The number of fused-ring (bicyclic) bond motifs is 1. The highest BCUT2D eigenvalue weighted by Gasteiger charge is 2.30. The van der Waals surface area contributed by atoms with Crippen LogP contribution in [0.15, 0.2) is 24.3 Å².